The Balaban J connectivity index is 1.30. The molecule has 1 saturated heterocycles. The Kier molecular flexibility index (Phi) is 6.06. The van der Waals surface area contributed by atoms with Gasteiger partial charge in [-0.05, 0) is 25.8 Å². The van der Waals surface area contributed by atoms with Gasteiger partial charge in [-0.15, -0.1) is 0 Å². The molecule has 0 spiro atoms. The number of carbonyl (C=O) groups is 1. The lowest BCUT2D eigenvalue weighted by Crippen LogP contribution is -2.49. The third-order valence-corrected chi connectivity index (χ3v) is 6.74. The van der Waals surface area contributed by atoms with E-state index in [-0.39, 0.29) is 35.1 Å². The van der Waals surface area contributed by atoms with E-state index in [0.29, 0.717) is 55.2 Å². The van der Waals surface area contributed by atoms with Gasteiger partial charge in [-0.1, -0.05) is 0 Å². The highest BCUT2D eigenvalue weighted by Crippen LogP contribution is 2.40. The number of halogens is 2. The Hall–Kier alpha value is -4.26. The van der Waals surface area contributed by atoms with E-state index in [4.69, 9.17) is 10.5 Å². The van der Waals surface area contributed by atoms with Crippen LogP contribution in [-0.4, -0.2) is 68.7 Å². The van der Waals surface area contributed by atoms with Gasteiger partial charge in [-0.25, -0.2) is 8.78 Å². The summed E-state index contributed by atoms with van der Waals surface area (Å²) in [6.07, 6.45) is 2.26. The maximum atomic E-state index is 15.2. The number of aromatic amines is 2. The van der Waals surface area contributed by atoms with Crippen LogP contribution in [0.15, 0.2) is 24.3 Å². The van der Waals surface area contributed by atoms with Gasteiger partial charge in [0.25, 0.3) is 0 Å². The van der Waals surface area contributed by atoms with Gasteiger partial charge in [-0.3, -0.25) is 14.8 Å². The van der Waals surface area contributed by atoms with Crippen molar-refractivity contribution in [3.05, 3.63) is 47.3 Å². The number of nitrogens with one attached hydrogen (secondary N) is 3. The van der Waals surface area contributed by atoms with Crippen molar-refractivity contribution < 1.29 is 18.3 Å². The van der Waals surface area contributed by atoms with Crippen LogP contribution in [0, 0.1) is 18.6 Å². The highest BCUT2D eigenvalue weighted by molar-refractivity contribution is 5.83. The van der Waals surface area contributed by atoms with E-state index >= 15 is 4.39 Å². The Morgan fingerprint density at radius 1 is 1.13 bits per heavy atom. The fourth-order valence-corrected chi connectivity index (χ4v) is 4.68. The van der Waals surface area contributed by atoms with Gasteiger partial charge in [0.15, 0.2) is 23.2 Å². The maximum absolute atomic E-state index is 15.2. The summed E-state index contributed by atoms with van der Waals surface area (Å²) in [4.78, 5) is 27.0. The van der Waals surface area contributed by atoms with Crippen LogP contribution in [0.25, 0.3) is 10.9 Å². The van der Waals surface area contributed by atoms with Crippen molar-refractivity contribution in [2.45, 2.75) is 25.7 Å². The van der Waals surface area contributed by atoms with Gasteiger partial charge in [0.05, 0.1) is 12.1 Å². The number of carbonyl (C=O) groups excluding carboxylic acids is 1. The summed E-state index contributed by atoms with van der Waals surface area (Å²) < 4.78 is 35.6. The van der Waals surface area contributed by atoms with Crippen LogP contribution in [0.2, 0.25) is 0 Å². The smallest absolute Gasteiger partial charge is 0.326 e. The van der Waals surface area contributed by atoms with Crippen LogP contribution in [0.1, 0.15) is 30.1 Å². The number of aryl methyl sites for hydroxylation is 1. The van der Waals surface area contributed by atoms with Crippen LogP contribution >= 0.6 is 0 Å². The molecule has 0 radical (unpaired) electrons. The summed E-state index contributed by atoms with van der Waals surface area (Å²) in [7, 11) is 0. The number of anilines is 3. The summed E-state index contributed by atoms with van der Waals surface area (Å²) in [5.41, 5.74) is 7.08. The molecule has 0 atom stereocenters. The Morgan fingerprint density at radius 3 is 2.66 bits per heavy atom. The quantitative estimate of drug-likeness (QED) is 0.276. The van der Waals surface area contributed by atoms with E-state index in [1.54, 1.807) is 13.0 Å². The fourth-order valence-electron chi connectivity index (χ4n) is 4.68. The maximum Gasteiger partial charge on any atom is 0.326 e. The van der Waals surface area contributed by atoms with E-state index in [2.05, 4.69) is 30.5 Å². The molecule has 0 unspecified atom stereocenters. The molecule has 0 bridgehead atoms. The predicted molar refractivity (Wildman–Crippen MR) is 137 cm³/mol. The third kappa shape index (κ3) is 4.96. The number of benzene rings is 1. The SMILES string of the molecule is Cc1cc2c(F)c(Oc3nc(Nc4cc(C5CC5)[nH]n4)cc(N4CCN(CC(N)=O)CC4)n3)cc(F)c2[nH]1. The zero-order chi connectivity index (χ0) is 26.4. The van der Waals surface area contributed by atoms with Crippen LogP contribution in [-0.2, 0) is 4.79 Å². The first-order valence-corrected chi connectivity index (χ1v) is 12.4. The van der Waals surface area contributed by atoms with Crippen LogP contribution in [0.4, 0.5) is 26.2 Å². The Morgan fingerprint density at radius 2 is 1.92 bits per heavy atom. The number of primary amides is 1. The highest BCUT2D eigenvalue weighted by atomic mass is 19.1. The van der Waals surface area contributed by atoms with Gasteiger partial charge in [-0.2, -0.15) is 15.1 Å². The predicted octanol–water partition coefficient (Wildman–Crippen LogP) is 3.29. The lowest BCUT2D eigenvalue weighted by Gasteiger charge is -2.34. The number of hydrogen-bond donors (Lipinski definition) is 4. The Bertz CT molecular complexity index is 1510. The number of rotatable bonds is 8. The monoisotopic (exact) mass is 523 g/mol. The molecule has 13 heteroatoms. The molecule has 2 fully saturated rings. The molecule has 3 aromatic heterocycles. The van der Waals surface area contributed by atoms with Gasteiger partial charge < -0.3 is 25.7 Å². The molecule has 38 heavy (non-hydrogen) atoms. The van der Waals surface area contributed by atoms with Crippen LogP contribution in [0.3, 0.4) is 0 Å². The zero-order valence-electron chi connectivity index (χ0n) is 20.7. The van der Waals surface area contributed by atoms with Crippen molar-refractivity contribution in [2.24, 2.45) is 5.73 Å². The molecular weight excluding hydrogens is 496 g/mol. The number of piperazine rings is 1. The molecule has 6 rings (SSSR count). The van der Waals surface area contributed by atoms with Crippen molar-refractivity contribution >= 4 is 34.3 Å². The summed E-state index contributed by atoms with van der Waals surface area (Å²) in [6.45, 7) is 4.28. The zero-order valence-corrected chi connectivity index (χ0v) is 20.7. The third-order valence-electron chi connectivity index (χ3n) is 6.74. The van der Waals surface area contributed by atoms with E-state index in [0.717, 1.165) is 24.6 Å². The number of aromatic nitrogens is 5. The van der Waals surface area contributed by atoms with E-state index in [1.807, 2.05) is 15.9 Å². The van der Waals surface area contributed by atoms with Crippen LogP contribution in [0.5, 0.6) is 11.8 Å². The minimum absolute atomic E-state index is 0.0724. The number of amides is 1. The highest BCUT2D eigenvalue weighted by Gasteiger charge is 2.26. The number of nitrogens with two attached hydrogens (primary N) is 1. The van der Waals surface area contributed by atoms with Crippen molar-refractivity contribution in [1.29, 1.82) is 0 Å². The molecule has 2 aliphatic rings. The molecule has 5 N–H and O–H groups in total. The van der Waals surface area contributed by atoms with Crippen molar-refractivity contribution in [3.8, 4) is 11.8 Å². The second-order valence-electron chi connectivity index (χ2n) is 9.74. The molecule has 4 heterocycles. The summed E-state index contributed by atoms with van der Waals surface area (Å²) in [6, 6.07) is 6.03. The first-order valence-electron chi connectivity index (χ1n) is 12.4. The molecule has 198 valence electrons. The van der Waals surface area contributed by atoms with Crippen LogP contribution < -0.4 is 20.7 Å². The summed E-state index contributed by atoms with van der Waals surface area (Å²) >= 11 is 0. The van der Waals surface area contributed by atoms with Gasteiger partial charge in [0, 0.05) is 67.1 Å². The minimum Gasteiger partial charge on any atom is -0.421 e. The standard InChI is InChI=1S/C25H27F2N9O2/c1-13-8-15-23(27)18(9-16(26)24(15)29-13)38-25-31-20(30-21-10-17(33-34-21)14-2-3-14)11-22(32-25)36-6-4-35(5-7-36)12-19(28)37/h8-11,14,29H,2-7,12H2,1H3,(H2,28,37)(H2,30,31,32,33,34). The second-order valence-corrected chi connectivity index (χ2v) is 9.74. The minimum atomic E-state index is -0.712. The largest absolute Gasteiger partial charge is 0.421 e. The van der Waals surface area contributed by atoms with E-state index < -0.39 is 11.6 Å². The number of hydrogen-bond acceptors (Lipinski definition) is 8. The molecule has 4 aromatic rings. The molecular formula is C25H27F2N9O2. The Labute approximate surface area is 216 Å². The normalized spacial score (nSPS) is 16.2. The van der Waals surface area contributed by atoms with Gasteiger partial charge in [0.1, 0.15) is 11.6 Å². The lowest BCUT2D eigenvalue weighted by atomic mass is 10.2. The molecule has 1 aliphatic carbocycles. The lowest BCUT2D eigenvalue weighted by molar-refractivity contribution is -0.119. The summed E-state index contributed by atoms with van der Waals surface area (Å²) in [5, 5.41) is 10.6. The molecule has 11 nitrogen and oxygen atoms in total. The number of H-pyrrole nitrogens is 2. The molecule has 1 aliphatic heterocycles. The topological polar surface area (TPSA) is 141 Å². The first kappa shape index (κ1) is 24.1. The number of nitrogens with zero attached hydrogens (tertiary/aromatic N) is 5. The molecule has 1 saturated carbocycles. The first-order chi connectivity index (χ1) is 18.3. The number of ether oxygens (including phenoxy) is 1. The van der Waals surface area contributed by atoms with Gasteiger partial charge in [0.2, 0.25) is 5.91 Å². The van der Waals surface area contributed by atoms with E-state index in [9.17, 15) is 9.18 Å². The second kappa shape index (κ2) is 9.56. The average Bonchev–Trinajstić information content (AvgIpc) is 3.49. The van der Waals surface area contributed by atoms with Crippen molar-refractivity contribution in [2.75, 3.05) is 42.9 Å². The van der Waals surface area contributed by atoms with E-state index in [1.165, 1.54) is 6.07 Å². The van der Waals surface area contributed by atoms with Crippen molar-refractivity contribution in [3.63, 3.8) is 0 Å². The number of fused-ring (bicyclic) bond motifs is 1. The molecule has 1 amide bonds. The van der Waals surface area contributed by atoms with Gasteiger partial charge >= 0.3 is 6.01 Å². The molecule has 1 aromatic carbocycles. The fraction of sp³-hybridized carbons (Fsp3) is 0.360. The average molecular weight is 524 g/mol. The summed E-state index contributed by atoms with van der Waals surface area (Å²) in [5.74, 6) is -0.0548. The van der Waals surface area contributed by atoms with Crippen molar-refractivity contribution in [1.82, 2.24) is 30.0 Å².